The molecular weight excluding hydrogens is 467 g/mol. The number of ether oxygens (including phenoxy) is 2. The van der Waals surface area contributed by atoms with E-state index in [1.165, 1.54) is 12.8 Å². The molecule has 0 unspecified atom stereocenters. The molecule has 35 heavy (non-hydrogen) atoms. The number of ketones is 1. The molecule has 3 aliphatic carbocycles. The molecule has 0 aromatic carbocycles. The molecule has 2 bridgehead atoms. The second kappa shape index (κ2) is 7.80. The molecule has 6 aliphatic rings. The maximum absolute atomic E-state index is 13.9. The lowest BCUT2D eigenvalue weighted by atomic mass is 9.66. The third-order valence-corrected chi connectivity index (χ3v) is 8.55. The first kappa shape index (κ1) is 23.8. The number of carboxylic acids is 1. The molecule has 0 aromatic rings. The SMILES string of the molecule is COC(=O)C1=C2CCOC3=C2C2=C1C(=O)[C@@H]1CC4=[N+](C[C@@H](CC3)[C@@]24C)C[C@H]1C.O=C([O-])C(F)(F)F. The van der Waals surface area contributed by atoms with Crippen LogP contribution in [0.1, 0.15) is 39.5 Å². The number of carbonyl (C=O) groups is 3. The molecule has 0 radical (unpaired) electrons. The molecule has 0 saturated heterocycles. The highest BCUT2D eigenvalue weighted by Gasteiger charge is 2.64. The lowest BCUT2D eigenvalue weighted by Crippen LogP contribution is -2.40. The Balaban J connectivity index is 0.000000320. The maximum atomic E-state index is 13.9. The Morgan fingerprint density at radius 3 is 2.51 bits per heavy atom. The van der Waals surface area contributed by atoms with Crippen molar-refractivity contribution in [3.8, 4) is 0 Å². The minimum Gasteiger partial charge on any atom is -0.542 e. The van der Waals surface area contributed by atoms with Crippen molar-refractivity contribution < 1.29 is 46.7 Å². The number of Topliss-reactive ketones (excluding diaryl/α,β-unsaturated/α-hetero) is 1. The molecule has 6 rings (SSSR count). The van der Waals surface area contributed by atoms with E-state index in [4.69, 9.17) is 19.4 Å². The van der Waals surface area contributed by atoms with Crippen molar-refractivity contribution in [3.05, 3.63) is 33.6 Å². The number of halogens is 3. The number of rotatable bonds is 1. The third-order valence-electron chi connectivity index (χ3n) is 8.55. The third kappa shape index (κ3) is 3.24. The fourth-order valence-corrected chi connectivity index (χ4v) is 6.98. The Morgan fingerprint density at radius 1 is 1.20 bits per heavy atom. The van der Waals surface area contributed by atoms with Crippen LogP contribution in [0.3, 0.4) is 0 Å². The van der Waals surface area contributed by atoms with E-state index in [9.17, 15) is 22.8 Å². The number of fused-ring (bicyclic) bond motifs is 1. The standard InChI is InChI=1S/C23H26NO4.C2HF3O2/c1-11-9-24-10-12-4-5-15-17-13(6-7-28-15)18(22(26)27-3)19-20(17)23(12,2)16(24)8-14(11)21(19)25;3-2(4,5)1(6)7/h11-12,14H,4-10H2,1-3H3;(H,6,7)/q+1;/p-1/t11-,12-,14-,23-;/m1./s1. The van der Waals surface area contributed by atoms with Crippen LogP contribution in [0, 0.1) is 23.2 Å². The number of nitrogens with zero attached hydrogens (tertiary/aromatic N) is 1. The summed E-state index contributed by atoms with van der Waals surface area (Å²) >= 11 is 0. The second-order valence-electron chi connectivity index (χ2n) is 10.2. The molecule has 0 N–H and O–H groups in total. The molecule has 0 fully saturated rings. The quantitative estimate of drug-likeness (QED) is 0.409. The van der Waals surface area contributed by atoms with Gasteiger partial charge in [-0.05, 0) is 24.5 Å². The van der Waals surface area contributed by atoms with Crippen LogP contribution in [-0.2, 0) is 23.9 Å². The number of carboxylic acid groups (broad SMARTS) is 1. The van der Waals surface area contributed by atoms with Crippen molar-refractivity contribution >= 4 is 23.4 Å². The zero-order valence-corrected chi connectivity index (χ0v) is 19.7. The van der Waals surface area contributed by atoms with Gasteiger partial charge in [0.25, 0.3) is 0 Å². The van der Waals surface area contributed by atoms with Gasteiger partial charge in [0.1, 0.15) is 24.8 Å². The summed E-state index contributed by atoms with van der Waals surface area (Å²) in [5.74, 6) is -1.52. The van der Waals surface area contributed by atoms with Gasteiger partial charge in [-0.3, -0.25) is 4.79 Å². The lowest BCUT2D eigenvalue weighted by Gasteiger charge is -2.31. The van der Waals surface area contributed by atoms with Crippen molar-refractivity contribution in [3.63, 3.8) is 0 Å². The number of aliphatic carboxylic acids is 1. The van der Waals surface area contributed by atoms with Gasteiger partial charge in [0, 0.05) is 48.2 Å². The predicted molar refractivity (Wildman–Crippen MR) is 113 cm³/mol. The maximum Gasteiger partial charge on any atom is 0.430 e. The van der Waals surface area contributed by atoms with Gasteiger partial charge in [0.05, 0.1) is 24.7 Å². The largest absolute Gasteiger partial charge is 0.542 e. The van der Waals surface area contributed by atoms with Gasteiger partial charge in [0.15, 0.2) is 11.5 Å². The van der Waals surface area contributed by atoms with Gasteiger partial charge in [0.2, 0.25) is 0 Å². The zero-order chi connectivity index (χ0) is 25.4. The van der Waals surface area contributed by atoms with E-state index in [1.54, 1.807) is 0 Å². The van der Waals surface area contributed by atoms with Crippen molar-refractivity contribution in [2.24, 2.45) is 23.2 Å². The topological polar surface area (TPSA) is 95.7 Å². The molecule has 10 heteroatoms. The van der Waals surface area contributed by atoms with Crippen LogP contribution in [0.4, 0.5) is 13.2 Å². The van der Waals surface area contributed by atoms with E-state index in [-0.39, 0.29) is 23.1 Å². The highest BCUT2D eigenvalue weighted by molar-refractivity contribution is 6.18. The van der Waals surface area contributed by atoms with Crippen LogP contribution < -0.4 is 5.11 Å². The van der Waals surface area contributed by atoms with Crippen molar-refractivity contribution in [1.82, 2.24) is 0 Å². The van der Waals surface area contributed by atoms with Crippen molar-refractivity contribution in [2.45, 2.75) is 45.7 Å². The summed E-state index contributed by atoms with van der Waals surface area (Å²) in [6.45, 7) is 7.10. The predicted octanol–water partition coefficient (Wildman–Crippen LogP) is 1.86. The van der Waals surface area contributed by atoms with E-state index in [0.29, 0.717) is 36.0 Å². The summed E-state index contributed by atoms with van der Waals surface area (Å²) < 4.78 is 45.4. The van der Waals surface area contributed by atoms with Gasteiger partial charge in [-0.25, -0.2) is 9.37 Å². The normalized spacial score (nSPS) is 32.6. The minimum atomic E-state index is -5.19. The van der Waals surface area contributed by atoms with Gasteiger partial charge in [-0.15, -0.1) is 0 Å². The summed E-state index contributed by atoms with van der Waals surface area (Å²) in [7, 11) is 1.42. The average molecular weight is 493 g/mol. The summed E-state index contributed by atoms with van der Waals surface area (Å²) in [6.07, 6.45) is -1.74. The molecule has 0 aromatic heterocycles. The average Bonchev–Trinajstić information content (AvgIpc) is 3.22. The Bertz CT molecular complexity index is 1190. The van der Waals surface area contributed by atoms with Crippen molar-refractivity contribution in [2.75, 3.05) is 26.8 Å². The van der Waals surface area contributed by atoms with E-state index in [2.05, 4.69) is 18.4 Å². The van der Waals surface area contributed by atoms with Gasteiger partial charge >= 0.3 is 12.1 Å². The summed E-state index contributed by atoms with van der Waals surface area (Å²) in [5.41, 5.74) is 5.62. The van der Waals surface area contributed by atoms with Gasteiger partial charge in [-0.2, -0.15) is 13.2 Å². The molecule has 0 spiro atoms. The first-order chi connectivity index (χ1) is 16.4. The smallest absolute Gasteiger partial charge is 0.430 e. The number of methoxy groups -OCH3 is 1. The fraction of sp³-hybridized carbons (Fsp3) is 0.600. The molecule has 4 atom stereocenters. The van der Waals surface area contributed by atoms with E-state index in [0.717, 1.165) is 54.8 Å². The van der Waals surface area contributed by atoms with Gasteiger partial charge < -0.3 is 19.4 Å². The highest BCUT2D eigenvalue weighted by atomic mass is 19.4. The monoisotopic (exact) mass is 493 g/mol. The molecule has 3 heterocycles. The number of allylic oxidation sites excluding steroid dienone is 3. The van der Waals surface area contributed by atoms with Crippen LogP contribution in [0.2, 0.25) is 0 Å². The molecule has 3 aliphatic heterocycles. The van der Waals surface area contributed by atoms with Crippen LogP contribution in [-0.4, -0.2) is 61.0 Å². The molecule has 7 nitrogen and oxygen atoms in total. The van der Waals surface area contributed by atoms with Crippen LogP contribution in [0.15, 0.2) is 33.6 Å². The van der Waals surface area contributed by atoms with E-state index < -0.39 is 12.1 Å². The zero-order valence-electron chi connectivity index (χ0n) is 19.7. The van der Waals surface area contributed by atoms with Crippen LogP contribution >= 0.6 is 0 Å². The first-order valence-corrected chi connectivity index (χ1v) is 11.8. The summed E-state index contributed by atoms with van der Waals surface area (Å²) in [6, 6.07) is 0. The molecule has 0 saturated carbocycles. The molecule has 0 amide bonds. The van der Waals surface area contributed by atoms with Crippen LogP contribution in [0.25, 0.3) is 0 Å². The minimum absolute atomic E-state index is 0.0402. The lowest BCUT2D eigenvalue weighted by molar-refractivity contribution is -0.538. The first-order valence-electron chi connectivity index (χ1n) is 11.8. The molecular formula is C25H26F3NO6. The van der Waals surface area contributed by atoms with Gasteiger partial charge in [-0.1, -0.05) is 6.92 Å². The Labute approximate surface area is 200 Å². The van der Waals surface area contributed by atoms with Crippen molar-refractivity contribution in [1.29, 1.82) is 0 Å². The Kier molecular flexibility index (Phi) is 5.30. The number of carbonyl (C=O) groups excluding carboxylic acids is 3. The van der Waals surface area contributed by atoms with E-state index in [1.807, 2.05) is 0 Å². The van der Waals surface area contributed by atoms with Crippen LogP contribution in [0.5, 0.6) is 0 Å². The highest BCUT2D eigenvalue weighted by Crippen LogP contribution is 2.61. The second-order valence-corrected chi connectivity index (χ2v) is 10.2. The number of alkyl halides is 3. The Hall–Kier alpha value is -2.91. The molecule has 188 valence electrons. The number of esters is 1. The summed E-state index contributed by atoms with van der Waals surface area (Å²) in [5, 5.41) is 8.78. The summed E-state index contributed by atoms with van der Waals surface area (Å²) in [4.78, 5) is 35.6. The Morgan fingerprint density at radius 2 is 1.89 bits per heavy atom. The number of hydrogen-bond donors (Lipinski definition) is 0. The van der Waals surface area contributed by atoms with E-state index >= 15 is 0 Å². The number of hydrogen-bond acceptors (Lipinski definition) is 6. The fourth-order valence-electron chi connectivity index (χ4n) is 6.98.